The number of nitrogens with zero attached hydrogens (tertiary/aromatic N) is 3. The first kappa shape index (κ1) is 14.3. The highest BCUT2D eigenvalue weighted by Gasteiger charge is 2.17. The van der Waals surface area contributed by atoms with Crippen LogP contribution in [0.3, 0.4) is 0 Å². The molecule has 0 unspecified atom stereocenters. The van der Waals surface area contributed by atoms with Crippen LogP contribution in [-0.4, -0.2) is 22.2 Å². The van der Waals surface area contributed by atoms with Crippen molar-refractivity contribution >= 4 is 34.2 Å². The van der Waals surface area contributed by atoms with E-state index in [2.05, 4.69) is 9.97 Å². The number of halogens is 2. The van der Waals surface area contributed by atoms with E-state index in [4.69, 9.17) is 16.5 Å². The summed E-state index contributed by atoms with van der Waals surface area (Å²) in [5, 5.41) is 10.3. The number of phenols is 1. The van der Waals surface area contributed by atoms with Gasteiger partial charge in [0.15, 0.2) is 17.3 Å². The van der Waals surface area contributed by atoms with Crippen LogP contribution in [0.4, 0.5) is 15.9 Å². The quantitative estimate of drug-likeness (QED) is 0.745. The number of fused-ring (bicyclic) bond motifs is 1. The smallest absolute Gasteiger partial charge is 0.161 e. The topological polar surface area (TPSA) is 58.5 Å². The van der Waals surface area contributed by atoms with Crippen molar-refractivity contribution in [3.05, 3.63) is 48.5 Å². The van der Waals surface area contributed by atoms with Crippen LogP contribution in [0.1, 0.15) is 0 Å². The van der Waals surface area contributed by atoms with E-state index in [9.17, 15) is 9.50 Å². The first-order valence-electron chi connectivity index (χ1n) is 6.34. The van der Waals surface area contributed by atoms with Crippen LogP contribution in [0.25, 0.3) is 10.9 Å². The summed E-state index contributed by atoms with van der Waals surface area (Å²) in [5.74, 6) is 0.0129. The fourth-order valence-corrected chi connectivity index (χ4v) is 2.38. The lowest BCUT2D eigenvalue weighted by Crippen LogP contribution is -2.07. The predicted molar refractivity (Wildman–Crippen MR) is 82.1 cm³/mol. The third kappa shape index (κ3) is 2.37. The van der Waals surface area contributed by atoms with E-state index in [1.54, 1.807) is 18.2 Å². The first-order valence-corrected chi connectivity index (χ1v) is 6.67. The van der Waals surface area contributed by atoms with E-state index in [-0.39, 0.29) is 23.0 Å². The molecule has 2 aromatic carbocycles. The van der Waals surface area contributed by atoms with Crippen LogP contribution in [0.15, 0.2) is 42.7 Å². The van der Waals surface area contributed by atoms with E-state index in [0.717, 1.165) is 4.42 Å². The van der Waals surface area contributed by atoms with Crippen molar-refractivity contribution in [2.24, 2.45) is 0 Å². The van der Waals surface area contributed by atoms with Crippen molar-refractivity contribution in [3.8, 4) is 11.5 Å². The van der Waals surface area contributed by atoms with Crippen molar-refractivity contribution in [1.82, 2.24) is 9.97 Å². The zero-order valence-corrected chi connectivity index (χ0v) is 12.3. The molecule has 0 saturated heterocycles. The second-order valence-corrected chi connectivity index (χ2v) is 4.81. The molecule has 0 saturated carbocycles. The molecular formula is C15H11ClFN3O2. The second-order valence-electron chi connectivity index (χ2n) is 4.47. The third-order valence-electron chi connectivity index (χ3n) is 3.16. The Balaban J connectivity index is 2.20. The number of benzene rings is 2. The lowest BCUT2D eigenvalue weighted by Gasteiger charge is -2.17. The Kier molecular flexibility index (Phi) is 3.68. The Morgan fingerprint density at radius 3 is 2.73 bits per heavy atom. The molecule has 0 fully saturated rings. The molecule has 5 nitrogen and oxygen atoms in total. The molecular weight excluding hydrogens is 309 g/mol. The number of ether oxygens (including phenoxy) is 1. The van der Waals surface area contributed by atoms with Gasteiger partial charge < -0.3 is 9.84 Å². The monoisotopic (exact) mass is 319 g/mol. The van der Waals surface area contributed by atoms with Crippen LogP contribution in [0.5, 0.6) is 11.5 Å². The standard InChI is InChI=1S/C15H11ClFN3O2/c1-22-14-6-9-11(7-13(14)21)18-8-19-15(9)20(16)12-5-3-2-4-10(12)17/h2-8,21H,1H3. The minimum atomic E-state index is -0.477. The summed E-state index contributed by atoms with van der Waals surface area (Å²) in [4.78, 5) is 8.18. The van der Waals surface area contributed by atoms with Crippen LogP contribution in [0.2, 0.25) is 0 Å². The van der Waals surface area contributed by atoms with E-state index < -0.39 is 5.82 Å². The SMILES string of the molecule is COc1cc2c(N(Cl)c3ccccc3F)ncnc2cc1O. The number of aromatic nitrogens is 2. The van der Waals surface area contributed by atoms with Crippen molar-refractivity contribution in [1.29, 1.82) is 0 Å². The molecule has 22 heavy (non-hydrogen) atoms. The van der Waals surface area contributed by atoms with Gasteiger partial charge in [-0.05, 0) is 18.2 Å². The van der Waals surface area contributed by atoms with Gasteiger partial charge in [-0.1, -0.05) is 12.1 Å². The average molecular weight is 320 g/mol. The van der Waals surface area contributed by atoms with Gasteiger partial charge in [0.25, 0.3) is 0 Å². The first-order chi connectivity index (χ1) is 10.6. The maximum Gasteiger partial charge on any atom is 0.161 e. The molecule has 0 atom stereocenters. The van der Waals surface area contributed by atoms with Gasteiger partial charge in [-0.2, -0.15) is 0 Å². The maximum atomic E-state index is 13.9. The highest BCUT2D eigenvalue weighted by atomic mass is 35.5. The highest BCUT2D eigenvalue weighted by molar-refractivity contribution is 6.30. The van der Waals surface area contributed by atoms with Crippen LogP contribution >= 0.6 is 11.8 Å². The van der Waals surface area contributed by atoms with E-state index in [1.165, 1.54) is 31.6 Å². The lowest BCUT2D eigenvalue weighted by atomic mass is 10.2. The van der Waals surface area contributed by atoms with Gasteiger partial charge in [-0.3, -0.25) is 0 Å². The molecule has 0 aliphatic rings. The summed E-state index contributed by atoms with van der Waals surface area (Å²) in [5.41, 5.74) is 0.626. The van der Waals surface area contributed by atoms with Crippen LogP contribution in [0, 0.1) is 5.82 Å². The van der Waals surface area contributed by atoms with Crippen molar-refractivity contribution < 1.29 is 14.2 Å². The maximum absolute atomic E-state index is 13.9. The van der Waals surface area contributed by atoms with E-state index in [1.807, 2.05) is 0 Å². The van der Waals surface area contributed by atoms with Crippen molar-refractivity contribution in [2.75, 3.05) is 11.5 Å². The number of hydrogen-bond donors (Lipinski definition) is 1. The minimum Gasteiger partial charge on any atom is -0.504 e. The second kappa shape index (κ2) is 5.65. The number of methoxy groups -OCH3 is 1. The molecule has 0 bridgehead atoms. The Morgan fingerprint density at radius 2 is 2.00 bits per heavy atom. The predicted octanol–water partition coefficient (Wildman–Crippen LogP) is 3.78. The molecule has 0 spiro atoms. The number of anilines is 2. The lowest BCUT2D eigenvalue weighted by molar-refractivity contribution is 0.374. The summed E-state index contributed by atoms with van der Waals surface area (Å²) in [6.07, 6.45) is 1.29. The molecule has 1 heterocycles. The molecule has 0 radical (unpaired) electrons. The molecule has 1 aromatic heterocycles. The molecule has 7 heteroatoms. The summed E-state index contributed by atoms with van der Waals surface area (Å²) in [6.45, 7) is 0. The van der Waals surface area contributed by atoms with Crippen molar-refractivity contribution in [2.45, 2.75) is 0 Å². The van der Waals surface area contributed by atoms with Gasteiger partial charge in [-0.25, -0.2) is 18.8 Å². The zero-order valence-electron chi connectivity index (χ0n) is 11.5. The largest absolute Gasteiger partial charge is 0.504 e. The van der Waals surface area contributed by atoms with Gasteiger partial charge in [0.05, 0.1) is 18.3 Å². The fraction of sp³-hybridized carbons (Fsp3) is 0.0667. The Morgan fingerprint density at radius 1 is 1.23 bits per heavy atom. The Hall–Kier alpha value is -2.60. The molecule has 1 N–H and O–H groups in total. The van der Waals surface area contributed by atoms with Crippen molar-refractivity contribution in [3.63, 3.8) is 0 Å². The average Bonchev–Trinajstić information content (AvgIpc) is 2.53. The summed E-state index contributed by atoms with van der Waals surface area (Å²) in [6, 6.07) is 9.07. The van der Waals surface area contributed by atoms with E-state index >= 15 is 0 Å². The minimum absolute atomic E-state index is 0.0494. The Labute approximate surface area is 130 Å². The highest BCUT2D eigenvalue weighted by Crippen LogP contribution is 2.37. The number of rotatable bonds is 3. The van der Waals surface area contributed by atoms with Gasteiger partial charge in [0, 0.05) is 23.2 Å². The molecule has 3 rings (SSSR count). The summed E-state index contributed by atoms with van der Waals surface area (Å²) in [7, 11) is 1.43. The Bertz CT molecular complexity index is 844. The van der Waals surface area contributed by atoms with Gasteiger partial charge in [0.1, 0.15) is 12.1 Å². The van der Waals surface area contributed by atoms with Gasteiger partial charge in [-0.15, -0.1) is 0 Å². The fourth-order valence-electron chi connectivity index (χ4n) is 2.10. The number of para-hydroxylation sites is 1. The zero-order chi connectivity index (χ0) is 15.7. The summed E-state index contributed by atoms with van der Waals surface area (Å²) < 4.78 is 20.1. The van der Waals surface area contributed by atoms with E-state index in [0.29, 0.717) is 10.9 Å². The molecule has 112 valence electrons. The molecule has 3 aromatic rings. The normalized spacial score (nSPS) is 10.7. The van der Waals surface area contributed by atoms with Crippen LogP contribution in [-0.2, 0) is 0 Å². The summed E-state index contributed by atoms with van der Waals surface area (Å²) >= 11 is 6.25. The van der Waals surface area contributed by atoms with Gasteiger partial charge in [0.2, 0.25) is 0 Å². The molecule has 0 amide bonds. The third-order valence-corrected chi connectivity index (χ3v) is 3.51. The number of phenolic OH excluding ortho intramolecular Hbond substituents is 1. The van der Waals surface area contributed by atoms with Gasteiger partial charge >= 0.3 is 0 Å². The number of hydrogen-bond acceptors (Lipinski definition) is 5. The molecule has 0 aliphatic carbocycles. The number of aromatic hydroxyl groups is 1. The van der Waals surface area contributed by atoms with Crippen LogP contribution < -0.4 is 9.16 Å². The molecule has 0 aliphatic heterocycles.